The lowest BCUT2D eigenvalue weighted by Crippen LogP contribution is -2.24. The minimum atomic E-state index is -3.61. The van der Waals surface area contributed by atoms with Crippen LogP contribution in [0, 0.1) is 6.92 Å². The van der Waals surface area contributed by atoms with Gasteiger partial charge >= 0.3 is 0 Å². The molecular formula is C22H23ClN6O3S. The third-order valence-electron chi connectivity index (χ3n) is 5.08. The van der Waals surface area contributed by atoms with Gasteiger partial charge < -0.3 is 16.0 Å². The molecule has 1 amide bonds. The highest BCUT2D eigenvalue weighted by Crippen LogP contribution is 2.30. The van der Waals surface area contributed by atoms with E-state index in [4.69, 9.17) is 11.6 Å². The van der Waals surface area contributed by atoms with E-state index in [1.807, 2.05) is 18.2 Å². The normalized spacial score (nSPS) is 13.2. The minimum absolute atomic E-state index is 0.00955. The number of nitrogens with one attached hydrogen (secondary N) is 4. The summed E-state index contributed by atoms with van der Waals surface area (Å²) in [5.74, 6) is 0.652. The maximum Gasteiger partial charge on any atom is 0.240 e. The van der Waals surface area contributed by atoms with Crippen molar-refractivity contribution in [2.45, 2.75) is 31.6 Å². The first-order valence-corrected chi connectivity index (χ1v) is 12.2. The maximum atomic E-state index is 12.5. The van der Waals surface area contributed by atoms with E-state index < -0.39 is 10.0 Å². The molecule has 0 saturated heterocycles. The average Bonchev–Trinajstić information content (AvgIpc) is 2.77. The summed E-state index contributed by atoms with van der Waals surface area (Å²) in [6.07, 6.45) is 2.57. The van der Waals surface area contributed by atoms with Crippen molar-refractivity contribution in [1.82, 2.24) is 14.7 Å². The first-order valence-electron chi connectivity index (χ1n) is 10.3. The van der Waals surface area contributed by atoms with Crippen LogP contribution in [0.4, 0.5) is 28.8 Å². The molecule has 0 bridgehead atoms. The Labute approximate surface area is 197 Å². The number of rotatable bonds is 7. The summed E-state index contributed by atoms with van der Waals surface area (Å²) in [4.78, 5) is 20.4. The number of hydrogen-bond donors (Lipinski definition) is 4. The SMILES string of the molecule is CCNS(=O)(=O)c1cc(Nc2ncc(Cl)c(Nc3ccc4c(c3)CCC(=O)N4)n2)ccc1C. The van der Waals surface area contributed by atoms with Crippen molar-refractivity contribution in [2.75, 3.05) is 22.5 Å². The molecule has 0 spiro atoms. The van der Waals surface area contributed by atoms with Crippen molar-refractivity contribution >= 4 is 56.4 Å². The Kier molecular flexibility index (Phi) is 6.50. The van der Waals surface area contributed by atoms with E-state index in [2.05, 4.69) is 30.6 Å². The molecule has 9 nitrogen and oxygen atoms in total. The van der Waals surface area contributed by atoms with Crippen LogP contribution in [0.3, 0.4) is 0 Å². The van der Waals surface area contributed by atoms with Crippen LogP contribution in [-0.2, 0) is 21.2 Å². The van der Waals surface area contributed by atoms with Gasteiger partial charge in [-0.3, -0.25) is 4.79 Å². The van der Waals surface area contributed by atoms with Gasteiger partial charge in [0.25, 0.3) is 0 Å². The number of aromatic nitrogens is 2. The lowest BCUT2D eigenvalue weighted by Gasteiger charge is -2.18. The number of anilines is 5. The standard InChI is InChI=1S/C22H23ClN6O3S/c1-3-25-33(31,32)19-11-16(6-4-13(19)2)27-22-24-12-17(23)21(29-22)26-15-7-8-18-14(10-15)5-9-20(30)28-18/h4,6-8,10-12,25H,3,5,9H2,1-2H3,(H,28,30)(H2,24,26,27,29). The lowest BCUT2D eigenvalue weighted by molar-refractivity contribution is -0.116. The van der Waals surface area contributed by atoms with Gasteiger partial charge in [-0.25, -0.2) is 18.1 Å². The molecule has 33 heavy (non-hydrogen) atoms. The van der Waals surface area contributed by atoms with Crippen LogP contribution in [0.1, 0.15) is 24.5 Å². The molecule has 4 rings (SSSR count). The lowest BCUT2D eigenvalue weighted by atomic mass is 10.0. The number of halogens is 1. The fraction of sp³-hybridized carbons (Fsp3) is 0.227. The van der Waals surface area contributed by atoms with Gasteiger partial charge in [-0.1, -0.05) is 24.6 Å². The maximum absolute atomic E-state index is 12.5. The average molecular weight is 487 g/mol. The molecule has 4 N–H and O–H groups in total. The van der Waals surface area contributed by atoms with E-state index in [-0.39, 0.29) is 16.8 Å². The fourth-order valence-corrected chi connectivity index (χ4v) is 4.93. The smallest absolute Gasteiger partial charge is 0.240 e. The van der Waals surface area contributed by atoms with Gasteiger partial charge in [0.2, 0.25) is 21.9 Å². The molecule has 172 valence electrons. The summed E-state index contributed by atoms with van der Waals surface area (Å²) in [6, 6.07) is 10.6. The highest BCUT2D eigenvalue weighted by molar-refractivity contribution is 7.89. The molecule has 2 aromatic carbocycles. The number of carbonyl (C=O) groups is 1. The summed E-state index contributed by atoms with van der Waals surface area (Å²) < 4.78 is 27.4. The monoisotopic (exact) mass is 486 g/mol. The second-order valence-electron chi connectivity index (χ2n) is 7.54. The molecule has 11 heteroatoms. The van der Waals surface area contributed by atoms with E-state index in [9.17, 15) is 13.2 Å². The first kappa shape index (κ1) is 23.0. The van der Waals surface area contributed by atoms with Crippen molar-refractivity contribution < 1.29 is 13.2 Å². The van der Waals surface area contributed by atoms with Crippen molar-refractivity contribution in [3.05, 3.63) is 58.7 Å². The minimum Gasteiger partial charge on any atom is -0.339 e. The molecule has 0 unspecified atom stereocenters. The van der Waals surface area contributed by atoms with Gasteiger partial charge in [0, 0.05) is 30.0 Å². The topological polar surface area (TPSA) is 125 Å². The van der Waals surface area contributed by atoms with Crippen LogP contribution in [0.2, 0.25) is 5.02 Å². The number of fused-ring (bicyclic) bond motifs is 1. The highest BCUT2D eigenvalue weighted by atomic mass is 35.5. The van der Waals surface area contributed by atoms with Crippen molar-refractivity contribution in [2.24, 2.45) is 0 Å². The molecule has 1 aliphatic rings. The third-order valence-corrected chi connectivity index (χ3v) is 7.04. The number of sulfonamides is 1. The van der Waals surface area contributed by atoms with Gasteiger partial charge in [-0.2, -0.15) is 4.98 Å². The molecule has 0 fully saturated rings. The zero-order valence-corrected chi connectivity index (χ0v) is 19.6. The molecule has 1 aliphatic heterocycles. The summed E-state index contributed by atoms with van der Waals surface area (Å²) >= 11 is 6.29. The molecular weight excluding hydrogens is 464 g/mol. The van der Waals surface area contributed by atoms with Crippen LogP contribution in [0.5, 0.6) is 0 Å². The molecule has 0 atom stereocenters. The Hall–Kier alpha value is -3.21. The molecule has 3 aromatic rings. The van der Waals surface area contributed by atoms with Crippen LogP contribution >= 0.6 is 11.6 Å². The molecule has 1 aromatic heterocycles. The highest BCUT2D eigenvalue weighted by Gasteiger charge is 2.17. The van der Waals surface area contributed by atoms with E-state index in [0.717, 1.165) is 16.9 Å². The number of hydrogen-bond acceptors (Lipinski definition) is 7. The van der Waals surface area contributed by atoms with Crippen molar-refractivity contribution in [3.63, 3.8) is 0 Å². The Morgan fingerprint density at radius 1 is 1.09 bits per heavy atom. The Bertz CT molecular complexity index is 1330. The summed E-state index contributed by atoms with van der Waals surface area (Å²) in [6.45, 7) is 3.76. The Morgan fingerprint density at radius 2 is 1.85 bits per heavy atom. The molecule has 2 heterocycles. The van der Waals surface area contributed by atoms with E-state index in [0.29, 0.717) is 41.5 Å². The van der Waals surface area contributed by atoms with E-state index in [1.54, 1.807) is 26.0 Å². The number of amides is 1. The fourth-order valence-electron chi connectivity index (χ4n) is 3.48. The summed E-state index contributed by atoms with van der Waals surface area (Å²) in [5, 5.41) is 9.39. The van der Waals surface area contributed by atoms with Crippen molar-refractivity contribution in [3.8, 4) is 0 Å². The van der Waals surface area contributed by atoms with E-state index >= 15 is 0 Å². The molecule has 0 saturated carbocycles. The number of carbonyl (C=O) groups excluding carboxylic acids is 1. The second kappa shape index (κ2) is 9.34. The zero-order valence-electron chi connectivity index (χ0n) is 18.1. The van der Waals surface area contributed by atoms with Crippen LogP contribution in [0.15, 0.2) is 47.5 Å². The largest absolute Gasteiger partial charge is 0.339 e. The second-order valence-corrected chi connectivity index (χ2v) is 9.68. The zero-order chi connectivity index (χ0) is 23.6. The predicted octanol–water partition coefficient (Wildman–Crippen LogP) is 4.11. The van der Waals surface area contributed by atoms with Crippen LogP contribution in [0.25, 0.3) is 0 Å². The van der Waals surface area contributed by atoms with E-state index in [1.165, 1.54) is 12.3 Å². The molecule has 0 radical (unpaired) electrons. The van der Waals surface area contributed by atoms with Gasteiger partial charge in [0.1, 0.15) is 5.02 Å². The van der Waals surface area contributed by atoms with Gasteiger partial charge in [0.15, 0.2) is 5.82 Å². The quantitative estimate of drug-likeness (QED) is 0.396. The van der Waals surface area contributed by atoms with Gasteiger partial charge in [-0.15, -0.1) is 0 Å². The van der Waals surface area contributed by atoms with Gasteiger partial charge in [-0.05, 0) is 54.8 Å². The third kappa shape index (κ3) is 5.24. The number of benzene rings is 2. The van der Waals surface area contributed by atoms with Crippen LogP contribution in [-0.4, -0.2) is 30.8 Å². The predicted molar refractivity (Wildman–Crippen MR) is 129 cm³/mol. The summed E-state index contributed by atoms with van der Waals surface area (Å²) in [5.41, 5.74) is 3.75. The summed E-state index contributed by atoms with van der Waals surface area (Å²) in [7, 11) is -3.61. The number of nitrogens with zero attached hydrogens (tertiary/aromatic N) is 2. The number of aryl methyl sites for hydroxylation is 2. The van der Waals surface area contributed by atoms with Crippen molar-refractivity contribution in [1.29, 1.82) is 0 Å². The molecule has 0 aliphatic carbocycles. The Balaban J connectivity index is 1.57. The first-order chi connectivity index (χ1) is 15.7. The van der Waals surface area contributed by atoms with Gasteiger partial charge in [0.05, 0.1) is 11.1 Å². The van der Waals surface area contributed by atoms with Crippen LogP contribution < -0.4 is 20.7 Å². The Morgan fingerprint density at radius 3 is 2.64 bits per heavy atom.